The van der Waals surface area contributed by atoms with Crippen LogP contribution in [0.1, 0.15) is 26.7 Å². The number of piperazine rings is 1. The number of carbonyl (C=O) groups excluding carboxylic acids is 1. The summed E-state index contributed by atoms with van der Waals surface area (Å²) in [5, 5.41) is 0. The molecule has 2 atom stereocenters. The molecule has 28 heavy (non-hydrogen) atoms. The van der Waals surface area contributed by atoms with Crippen molar-refractivity contribution in [3.8, 4) is 5.75 Å². The Morgan fingerprint density at radius 2 is 1.93 bits per heavy atom. The number of nitrogens with zero attached hydrogens (tertiary/aromatic N) is 3. The van der Waals surface area contributed by atoms with Crippen LogP contribution in [0.5, 0.6) is 5.75 Å². The molecule has 1 aromatic heterocycles. The van der Waals surface area contributed by atoms with Gasteiger partial charge in [0.1, 0.15) is 5.75 Å². The molecule has 0 spiro atoms. The Labute approximate surface area is 167 Å². The first-order valence-electron chi connectivity index (χ1n) is 9.95. The molecule has 1 fully saturated rings. The van der Waals surface area contributed by atoms with Crippen molar-refractivity contribution in [2.24, 2.45) is 0 Å². The molecule has 0 bridgehead atoms. The SMILES string of the molecule is CCOC(=O)CCC(Oc1ccccc1)N1CCN(c2ccncc2)CC1C. The van der Waals surface area contributed by atoms with Gasteiger partial charge in [0, 0.05) is 50.2 Å². The van der Waals surface area contributed by atoms with Crippen molar-refractivity contribution >= 4 is 11.7 Å². The molecule has 3 rings (SSSR count). The van der Waals surface area contributed by atoms with Crippen LogP contribution in [0.25, 0.3) is 0 Å². The molecule has 0 saturated carbocycles. The summed E-state index contributed by atoms with van der Waals surface area (Å²) in [5.41, 5.74) is 1.19. The molecule has 2 heterocycles. The van der Waals surface area contributed by atoms with E-state index >= 15 is 0 Å². The van der Waals surface area contributed by atoms with Gasteiger partial charge in [-0.15, -0.1) is 0 Å². The second-order valence-electron chi connectivity index (χ2n) is 6.97. The number of benzene rings is 1. The van der Waals surface area contributed by atoms with Crippen LogP contribution in [0.3, 0.4) is 0 Å². The van der Waals surface area contributed by atoms with Crippen molar-refractivity contribution in [3.63, 3.8) is 0 Å². The molecule has 1 saturated heterocycles. The lowest BCUT2D eigenvalue weighted by atomic mass is 10.1. The molecule has 6 nitrogen and oxygen atoms in total. The molecule has 0 aliphatic carbocycles. The van der Waals surface area contributed by atoms with Crippen molar-refractivity contribution in [3.05, 3.63) is 54.9 Å². The van der Waals surface area contributed by atoms with Gasteiger partial charge in [-0.1, -0.05) is 18.2 Å². The molecular weight excluding hydrogens is 354 g/mol. The Bertz CT molecular complexity index is 726. The van der Waals surface area contributed by atoms with Crippen molar-refractivity contribution in [2.75, 3.05) is 31.1 Å². The Morgan fingerprint density at radius 1 is 1.18 bits per heavy atom. The molecule has 1 aromatic carbocycles. The zero-order valence-corrected chi connectivity index (χ0v) is 16.7. The second kappa shape index (κ2) is 10.1. The maximum atomic E-state index is 11.9. The predicted molar refractivity (Wildman–Crippen MR) is 109 cm³/mol. The van der Waals surface area contributed by atoms with Crippen molar-refractivity contribution in [2.45, 2.75) is 39.0 Å². The summed E-state index contributed by atoms with van der Waals surface area (Å²) in [4.78, 5) is 20.7. The fourth-order valence-electron chi connectivity index (χ4n) is 3.61. The number of anilines is 1. The van der Waals surface area contributed by atoms with Gasteiger partial charge in [0.05, 0.1) is 13.0 Å². The lowest BCUT2D eigenvalue weighted by Crippen LogP contribution is -2.57. The highest BCUT2D eigenvalue weighted by Gasteiger charge is 2.31. The van der Waals surface area contributed by atoms with Gasteiger partial charge >= 0.3 is 5.97 Å². The average Bonchev–Trinajstić information content (AvgIpc) is 2.73. The maximum Gasteiger partial charge on any atom is 0.305 e. The number of para-hydroxylation sites is 1. The highest BCUT2D eigenvalue weighted by molar-refractivity contribution is 5.69. The van der Waals surface area contributed by atoms with E-state index in [2.05, 4.69) is 21.7 Å². The minimum absolute atomic E-state index is 0.165. The van der Waals surface area contributed by atoms with Crippen LogP contribution in [0.4, 0.5) is 5.69 Å². The van der Waals surface area contributed by atoms with Crippen molar-refractivity contribution in [1.82, 2.24) is 9.88 Å². The number of aromatic nitrogens is 1. The zero-order chi connectivity index (χ0) is 19.8. The summed E-state index contributed by atoms with van der Waals surface area (Å²) < 4.78 is 11.4. The highest BCUT2D eigenvalue weighted by Crippen LogP contribution is 2.23. The van der Waals surface area contributed by atoms with E-state index in [1.165, 1.54) is 5.69 Å². The third-order valence-electron chi connectivity index (χ3n) is 4.99. The van der Waals surface area contributed by atoms with E-state index in [4.69, 9.17) is 9.47 Å². The summed E-state index contributed by atoms with van der Waals surface area (Å²) in [6, 6.07) is 14.2. The Balaban J connectivity index is 1.67. The average molecular weight is 383 g/mol. The van der Waals surface area contributed by atoms with Crippen LogP contribution in [-0.4, -0.2) is 54.4 Å². The summed E-state index contributed by atoms with van der Waals surface area (Å²) in [7, 11) is 0. The molecule has 0 N–H and O–H groups in total. The summed E-state index contributed by atoms with van der Waals surface area (Å²) in [5.74, 6) is 0.646. The second-order valence-corrected chi connectivity index (χ2v) is 6.97. The monoisotopic (exact) mass is 383 g/mol. The quantitative estimate of drug-likeness (QED) is 0.652. The maximum absolute atomic E-state index is 11.9. The first kappa shape index (κ1) is 20.1. The molecule has 0 radical (unpaired) electrons. The number of pyridine rings is 1. The zero-order valence-electron chi connectivity index (χ0n) is 16.7. The number of esters is 1. The summed E-state index contributed by atoms with van der Waals surface area (Å²) in [6.45, 7) is 7.11. The largest absolute Gasteiger partial charge is 0.475 e. The van der Waals surface area contributed by atoms with E-state index in [9.17, 15) is 4.79 Å². The third kappa shape index (κ3) is 5.45. The number of rotatable bonds is 8. The highest BCUT2D eigenvalue weighted by atomic mass is 16.5. The Morgan fingerprint density at radius 3 is 2.61 bits per heavy atom. The van der Waals surface area contributed by atoms with Gasteiger partial charge in [0.25, 0.3) is 0 Å². The van der Waals surface area contributed by atoms with Crippen molar-refractivity contribution < 1.29 is 14.3 Å². The van der Waals surface area contributed by atoms with Crippen LogP contribution in [0, 0.1) is 0 Å². The first-order valence-corrected chi connectivity index (χ1v) is 9.95. The fraction of sp³-hybridized carbons (Fsp3) is 0.455. The molecule has 1 aliphatic heterocycles. The summed E-state index contributed by atoms with van der Waals surface area (Å²) >= 11 is 0. The van der Waals surface area contributed by atoms with Gasteiger partial charge in [-0.3, -0.25) is 14.7 Å². The molecule has 1 aliphatic rings. The normalized spacial score (nSPS) is 18.5. The van der Waals surface area contributed by atoms with Crippen LogP contribution >= 0.6 is 0 Å². The number of hydrogen-bond acceptors (Lipinski definition) is 6. The molecular formula is C22H29N3O3. The summed E-state index contributed by atoms with van der Waals surface area (Å²) in [6.07, 6.45) is 4.44. The van der Waals surface area contributed by atoms with Crippen LogP contribution in [0.2, 0.25) is 0 Å². The number of hydrogen-bond donors (Lipinski definition) is 0. The van der Waals surface area contributed by atoms with Gasteiger partial charge in [0.2, 0.25) is 0 Å². The van der Waals surface area contributed by atoms with Crippen LogP contribution in [0.15, 0.2) is 54.9 Å². The lowest BCUT2D eigenvalue weighted by molar-refractivity contribution is -0.144. The topological polar surface area (TPSA) is 54.9 Å². The van der Waals surface area contributed by atoms with Crippen LogP contribution < -0.4 is 9.64 Å². The molecule has 2 aromatic rings. The van der Waals surface area contributed by atoms with Crippen molar-refractivity contribution in [1.29, 1.82) is 0 Å². The van der Waals surface area contributed by atoms with Gasteiger partial charge in [-0.05, 0) is 38.1 Å². The molecule has 150 valence electrons. The third-order valence-corrected chi connectivity index (χ3v) is 4.99. The first-order chi connectivity index (χ1) is 13.7. The predicted octanol–water partition coefficient (Wildman–Crippen LogP) is 3.34. The molecule has 0 amide bonds. The van der Waals surface area contributed by atoms with E-state index in [0.717, 1.165) is 25.4 Å². The smallest absolute Gasteiger partial charge is 0.305 e. The minimum atomic E-state index is -0.174. The van der Waals surface area contributed by atoms with E-state index in [-0.39, 0.29) is 18.2 Å². The molecule has 6 heteroatoms. The van der Waals surface area contributed by atoms with E-state index < -0.39 is 0 Å². The molecule has 2 unspecified atom stereocenters. The minimum Gasteiger partial charge on any atom is -0.475 e. The van der Waals surface area contributed by atoms with E-state index in [1.54, 1.807) is 0 Å². The van der Waals surface area contributed by atoms with E-state index in [0.29, 0.717) is 19.4 Å². The Kier molecular flexibility index (Phi) is 7.25. The number of carbonyl (C=O) groups is 1. The van der Waals surface area contributed by atoms with Gasteiger partial charge in [-0.2, -0.15) is 0 Å². The van der Waals surface area contributed by atoms with Gasteiger partial charge in [0.15, 0.2) is 6.23 Å². The number of ether oxygens (including phenoxy) is 2. The van der Waals surface area contributed by atoms with E-state index in [1.807, 2.05) is 61.8 Å². The lowest BCUT2D eigenvalue weighted by Gasteiger charge is -2.44. The Hall–Kier alpha value is -2.60. The standard InChI is InChI=1S/C22H29N3O3/c1-3-27-22(26)10-9-21(28-20-7-5-4-6-8-20)25-16-15-24(17-18(25)2)19-11-13-23-14-12-19/h4-8,11-14,18,21H,3,9-10,15-17H2,1-2H3. The van der Waals surface area contributed by atoms with Gasteiger partial charge < -0.3 is 14.4 Å². The van der Waals surface area contributed by atoms with Gasteiger partial charge in [-0.25, -0.2) is 0 Å². The fourth-order valence-corrected chi connectivity index (χ4v) is 3.61. The van der Waals surface area contributed by atoms with Crippen LogP contribution in [-0.2, 0) is 9.53 Å².